The van der Waals surface area contributed by atoms with E-state index in [1.807, 2.05) is 70.2 Å². The predicted octanol–water partition coefficient (Wildman–Crippen LogP) is 4.18. The second-order valence-electron chi connectivity index (χ2n) is 7.60. The molecular formula is C21H29NO4. The SMILES string of the molecule is CC=CC1CN(C(=O)OC(C)(C)C)CC[C@@H]1C(=O)OCc1ccccc1. The van der Waals surface area contributed by atoms with Crippen molar-refractivity contribution >= 4 is 12.1 Å². The van der Waals surface area contributed by atoms with Crippen LogP contribution in [-0.4, -0.2) is 35.7 Å². The van der Waals surface area contributed by atoms with Crippen molar-refractivity contribution in [3.8, 4) is 0 Å². The van der Waals surface area contributed by atoms with E-state index in [0.717, 1.165) is 5.56 Å². The molecule has 0 aromatic heterocycles. The number of ether oxygens (including phenoxy) is 2. The van der Waals surface area contributed by atoms with Gasteiger partial charge in [0.2, 0.25) is 0 Å². The lowest BCUT2D eigenvalue weighted by molar-refractivity contribution is -0.153. The molecule has 2 rings (SSSR count). The fourth-order valence-corrected chi connectivity index (χ4v) is 3.04. The van der Waals surface area contributed by atoms with E-state index in [9.17, 15) is 9.59 Å². The summed E-state index contributed by atoms with van der Waals surface area (Å²) in [5, 5.41) is 0. The number of hydrogen-bond donors (Lipinski definition) is 0. The van der Waals surface area contributed by atoms with Crippen LogP contribution in [0.3, 0.4) is 0 Å². The minimum atomic E-state index is -0.529. The van der Waals surface area contributed by atoms with Gasteiger partial charge in [-0.25, -0.2) is 4.79 Å². The summed E-state index contributed by atoms with van der Waals surface area (Å²) in [4.78, 5) is 26.6. The summed E-state index contributed by atoms with van der Waals surface area (Å²) >= 11 is 0. The monoisotopic (exact) mass is 359 g/mol. The van der Waals surface area contributed by atoms with E-state index >= 15 is 0 Å². The van der Waals surface area contributed by atoms with Crippen LogP contribution in [0.15, 0.2) is 42.5 Å². The van der Waals surface area contributed by atoms with Gasteiger partial charge in [-0.3, -0.25) is 4.79 Å². The minimum absolute atomic E-state index is 0.0652. The first-order chi connectivity index (χ1) is 12.3. The number of nitrogens with zero attached hydrogens (tertiary/aromatic N) is 1. The maximum atomic E-state index is 12.6. The molecule has 1 aromatic rings. The average molecular weight is 359 g/mol. The van der Waals surface area contributed by atoms with Gasteiger partial charge in [-0.15, -0.1) is 0 Å². The largest absolute Gasteiger partial charge is 0.461 e. The summed E-state index contributed by atoms with van der Waals surface area (Å²) in [5.74, 6) is -0.515. The van der Waals surface area contributed by atoms with Gasteiger partial charge in [0.05, 0.1) is 5.92 Å². The van der Waals surface area contributed by atoms with Crippen molar-refractivity contribution in [3.05, 3.63) is 48.0 Å². The first kappa shape index (κ1) is 20.0. The normalized spacial score (nSPS) is 20.8. The number of carbonyl (C=O) groups excluding carboxylic acids is 2. The summed E-state index contributed by atoms with van der Waals surface area (Å²) in [5.41, 5.74) is 0.438. The lowest BCUT2D eigenvalue weighted by Gasteiger charge is -2.36. The lowest BCUT2D eigenvalue weighted by Crippen LogP contribution is -2.47. The van der Waals surface area contributed by atoms with Gasteiger partial charge < -0.3 is 14.4 Å². The van der Waals surface area contributed by atoms with E-state index in [1.54, 1.807) is 4.90 Å². The smallest absolute Gasteiger partial charge is 0.410 e. The zero-order chi connectivity index (χ0) is 19.2. The third kappa shape index (κ3) is 5.90. The average Bonchev–Trinajstić information content (AvgIpc) is 2.59. The van der Waals surface area contributed by atoms with E-state index < -0.39 is 5.60 Å². The fourth-order valence-electron chi connectivity index (χ4n) is 3.04. The number of hydrogen-bond acceptors (Lipinski definition) is 4. The highest BCUT2D eigenvalue weighted by Crippen LogP contribution is 2.27. The fraction of sp³-hybridized carbons (Fsp3) is 0.524. The molecule has 0 radical (unpaired) electrons. The Morgan fingerprint density at radius 3 is 2.54 bits per heavy atom. The summed E-state index contributed by atoms with van der Waals surface area (Å²) < 4.78 is 11.0. The lowest BCUT2D eigenvalue weighted by atomic mass is 9.85. The highest BCUT2D eigenvalue weighted by molar-refractivity contribution is 5.74. The number of esters is 1. The van der Waals surface area contributed by atoms with Crippen molar-refractivity contribution in [2.45, 2.75) is 46.3 Å². The van der Waals surface area contributed by atoms with Crippen molar-refractivity contribution in [2.75, 3.05) is 13.1 Å². The van der Waals surface area contributed by atoms with Crippen molar-refractivity contribution in [3.63, 3.8) is 0 Å². The van der Waals surface area contributed by atoms with Crippen LogP contribution < -0.4 is 0 Å². The molecule has 0 bridgehead atoms. The second-order valence-corrected chi connectivity index (χ2v) is 7.60. The van der Waals surface area contributed by atoms with Gasteiger partial charge in [0, 0.05) is 19.0 Å². The molecule has 142 valence electrons. The van der Waals surface area contributed by atoms with Gasteiger partial charge in [-0.2, -0.15) is 0 Å². The molecule has 2 atom stereocenters. The zero-order valence-corrected chi connectivity index (χ0v) is 16.1. The molecule has 5 nitrogen and oxygen atoms in total. The summed E-state index contributed by atoms with van der Waals surface area (Å²) in [6, 6.07) is 9.64. The number of carbonyl (C=O) groups is 2. The van der Waals surface area contributed by atoms with E-state index in [-0.39, 0.29) is 30.5 Å². The number of allylic oxidation sites excluding steroid dienone is 1. The zero-order valence-electron chi connectivity index (χ0n) is 16.1. The van der Waals surface area contributed by atoms with Crippen LogP contribution in [0.2, 0.25) is 0 Å². The summed E-state index contributed by atoms with van der Waals surface area (Å²) in [6.07, 6.45) is 4.14. The number of piperidine rings is 1. The quantitative estimate of drug-likeness (QED) is 0.598. The molecule has 0 spiro atoms. The first-order valence-corrected chi connectivity index (χ1v) is 9.11. The maximum Gasteiger partial charge on any atom is 0.410 e. The third-order valence-electron chi connectivity index (χ3n) is 4.28. The van der Waals surface area contributed by atoms with Crippen molar-refractivity contribution in [1.82, 2.24) is 4.90 Å². The van der Waals surface area contributed by atoms with Crippen LogP contribution in [0.5, 0.6) is 0 Å². The molecule has 0 N–H and O–H groups in total. The first-order valence-electron chi connectivity index (χ1n) is 9.11. The Balaban J connectivity index is 1.97. The Labute approximate surface area is 156 Å². The maximum absolute atomic E-state index is 12.6. The van der Waals surface area contributed by atoms with Gasteiger partial charge >= 0.3 is 12.1 Å². The molecule has 1 fully saturated rings. The Morgan fingerprint density at radius 1 is 1.23 bits per heavy atom. The molecule has 1 heterocycles. The van der Waals surface area contributed by atoms with E-state index in [1.165, 1.54) is 0 Å². The molecule has 1 aliphatic rings. The molecule has 1 aromatic carbocycles. The van der Waals surface area contributed by atoms with Crippen LogP contribution >= 0.6 is 0 Å². The van der Waals surface area contributed by atoms with E-state index in [4.69, 9.17) is 9.47 Å². The van der Waals surface area contributed by atoms with Crippen LogP contribution in [0.25, 0.3) is 0 Å². The van der Waals surface area contributed by atoms with Crippen LogP contribution in [0, 0.1) is 11.8 Å². The highest BCUT2D eigenvalue weighted by Gasteiger charge is 2.36. The van der Waals surface area contributed by atoms with Crippen LogP contribution in [0.4, 0.5) is 4.79 Å². The minimum Gasteiger partial charge on any atom is -0.461 e. The molecule has 0 saturated carbocycles. The van der Waals surface area contributed by atoms with Gasteiger partial charge in [0.1, 0.15) is 12.2 Å². The topological polar surface area (TPSA) is 55.8 Å². The number of benzene rings is 1. The molecule has 1 aliphatic heterocycles. The standard InChI is InChI=1S/C21H29NO4/c1-5-9-17-14-22(20(24)26-21(2,3)4)13-12-18(17)19(23)25-15-16-10-7-6-8-11-16/h5-11,17-18H,12-15H2,1-4H3/t17?,18-/m0/s1. The Kier molecular flexibility index (Phi) is 6.83. The van der Waals surface area contributed by atoms with Crippen molar-refractivity contribution in [2.24, 2.45) is 11.8 Å². The number of amides is 1. The number of rotatable bonds is 4. The van der Waals surface area contributed by atoms with E-state index in [0.29, 0.717) is 19.5 Å². The number of likely N-dealkylation sites (tertiary alicyclic amines) is 1. The molecule has 26 heavy (non-hydrogen) atoms. The molecular weight excluding hydrogens is 330 g/mol. The summed E-state index contributed by atoms with van der Waals surface area (Å²) in [7, 11) is 0. The molecule has 5 heteroatoms. The third-order valence-corrected chi connectivity index (χ3v) is 4.28. The van der Waals surface area contributed by atoms with Crippen LogP contribution in [0.1, 0.15) is 39.7 Å². The molecule has 1 saturated heterocycles. The molecule has 1 unspecified atom stereocenters. The van der Waals surface area contributed by atoms with Gasteiger partial charge in [-0.1, -0.05) is 42.5 Å². The summed E-state index contributed by atoms with van der Waals surface area (Å²) in [6.45, 7) is 8.69. The van der Waals surface area contributed by atoms with Gasteiger partial charge in [-0.05, 0) is 39.7 Å². The predicted molar refractivity (Wildman–Crippen MR) is 100 cm³/mol. The Hall–Kier alpha value is -2.30. The van der Waals surface area contributed by atoms with Gasteiger partial charge in [0.25, 0.3) is 0 Å². The highest BCUT2D eigenvalue weighted by atomic mass is 16.6. The molecule has 0 aliphatic carbocycles. The van der Waals surface area contributed by atoms with Crippen molar-refractivity contribution < 1.29 is 19.1 Å². The van der Waals surface area contributed by atoms with E-state index in [2.05, 4.69) is 0 Å². The van der Waals surface area contributed by atoms with Crippen molar-refractivity contribution in [1.29, 1.82) is 0 Å². The van der Waals surface area contributed by atoms with Crippen LogP contribution in [-0.2, 0) is 20.9 Å². The second kappa shape index (κ2) is 8.88. The Morgan fingerprint density at radius 2 is 1.92 bits per heavy atom. The molecule has 1 amide bonds. The Bertz CT molecular complexity index is 633. The van der Waals surface area contributed by atoms with Gasteiger partial charge in [0.15, 0.2) is 0 Å².